The molecule has 0 heterocycles. The van der Waals surface area contributed by atoms with Gasteiger partial charge in [0.15, 0.2) is 0 Å². The molecule has 0 atom stereocenters. The third-order valence-electron chi connectivity index (χ3n) is 2.59. The third-order valence-corrected chi connectivity index (χ3v) is 3.11. The van der Waals surface area contributed by atoms with Gasteiger partial charge in [0.2, 0.25) is 0 Å². The Hall–Kier alpha value is -1.09. The standard InChI is InChI=1S/C11H11ClFNO/c12-7-11(5-6-11)14-10(15)8-1-3-9(13)4-2-8/h1-4H,5-7H2,(H,14,15). The topological polar surface area (TPSA) is 29.1 Å². The predicted molar refractivity (Wildman–Crippen MR) is 56.6 cm³/mol. The van der Waals surface area contributed by atoms with Crippen molar-refractivity contribution in [3.05, 3.63) is 35.6 Å². The van der Waals surface area contributed by atoms with Crippen LogP contribution >= 0.6 is 11.6 Å². The van der Waals surface area contributed by atoms with Gasteiger partial charge in [0, 0.05) is 11.4 Å². The number of alkyl halides is 1. The van der Waals surface area contributed by atoms with Crippen LogP contribution in [0.25, 0.3) is 0 Å². The molecule has 1 aliphatic rings. The summed E-state index contributed by atoms with van der Waals surface area (Å²) in [6.45, 7) is 0. The van der Waals surface area contributed by atoms with Gasteiger partial charge in [-0.1, -0.05) is 0 Å². The predicted octanol–water partition coefficient (Wildman–Crippen LogP) is 2.33. The number of rotatable bonds is 3. The Morgan fingerprint density at radius 3 is 2.47 bits per heavy atom. The molecule has 1 saturated carbocycles. The number of hydrogen-bond donors (Lipinski definition) is 1. The maximum absolute atomic E-state index is 12.6. The summed E-state index contributed by atoms with van der Waals surface area (Å²) in [5.74, 6) is -0.0990. The van der Waals surface area contributed by atoms with Crippen molar-refractivity contribution in [3.8, 4) is 0 Å². The van der Waals surface area contributed by atoms with Crippen LogP contribution in [0.1, 0.15) is 23.2 Å². The first-order valence-corrected chi connectivity index (χ1v) is 5.33. The summed E-state index contributed by atoms with van der Waals surface area (Å²) in [4.78, 5) is 11.7. The first kappa shape index (κ1) is 10.4. The largest absolute Gasteiger partial charge is 0.345 e. The van der Waals surface area contributed by atoms with Gasteiger partial charge in [-0.25, -0.2) is 4.39 Å². The molecule has 1 amide bonds. The maximum Gasteiger partial charge on any atom is 0.251 e. The summed E-state index contributed by atoms with van der Waals surface area (Å²) >= 11 is 5.74. The van der Waals surface area contributed by atoms with Crippen LogP contribution in [0, 0.1) is 5.82 Å². The molecule has 0 saturated heterocycles. The molecule has 0 aliphatic heterocycles. The summed E-state index contributed by atoms with van der Waals surface area (Å²) in [5, 5.41) is 2.86. The highest BCUT2D eigenvalue weighted by Crippen LogP contribution is 2.36. The molecule has 1 aromatic rings. The molecule has 15 heavy (non-hydrogen) atoms. The minimum absolute atomic E-state index is 0.187. The van der Waals surface area contributed by atoms with E-state index in [-0.39, 0.29) is 17.3 Å². The lowest BCUT2D eigenvalue weighted by Crippen LogP contribution is -2.38. The number of hydrogen-bond acceptors (Lipinski definition) is 1. The number of amides is 1. The van der Waals surface area contributed by atoms with Gasteiger partial charge in [-0.15, -0.1) is 11.6 Å². The smallest absolute Gasteiger partial charge is 0.251 e. The van der Waals surface area contributed by atoms with Crippen molar-refractivity contribution < 1.29 is 9.18 Å². The number of halogens is 2. The molecule has 0 aromatic heterocycles. The van der Waals surface area contributed by atoms with Crippen molar-refractivity contribution in [1.82, 2.24) is 5.32 Å². The summed E-state index contributed by atoms with van der Waals surface area (Å²) in [6.07, 6.45) is 1.84. The normalized spacial score (nSPS) is 17.2. The Kier molecular flexibility index (Phi) is 2.65. The molecule has 80 valence electrons. The van der Waals surface area contributed by atoms with E-state index in [9.17, 15) is 9.18 Å². The quantitative estimate of drug-likeness (QED) is 0.789. The Balaban J connectivity index is 2.05. The SMILES string of the molecule is O=C(NC1(CCl)CC1)c1ccc(F)cc1. The Morgan fingerprint density at radius 1 is 1.40 bits per heavy atom. The Bertz CT molecular complexity index is 373. The lowest BCUT2D eigenvalue weighted by Gasteiger charge is -2.13. The summed E-state index contributed by atoms with van der Waals surface area (Å²) in [7, 11) is 0. The van der Waals surface area contributed by atoms with Crippen LogP contribution in [-0.4, -0.2) is 17.3 Å². The van der Waals surface area contributed by atoms with Gasteiger partial charge < -0.3 is 5.32 Å². The van der Waals surface area contributed by atoms with Crippen LogP contribution in [0.5, 0.6) is 0 Å². The second kappa shape index (κ2) is 3.81. The molecule has 1 N–H and O–H groups in total. The van der Waals surface area contributed by atoms with Crippen LogP contribution < -0.4 is 5.32 Å². The van der Waals surface area contributed by atoms with Crippen molar-refractivity contribution >= 4 is 17.5 Å². The van der Waals surface area contributed by atoms with Gasteiger partial charge in [0.05, 0.1) is 5.54 Å². The van der Waals surface area contributed by atoms with Crippen LogP contribution in [0.3, 0.4) is 0 Å². The van der Waals surface area contributed by atoms with Gasteiger partial charge >= 0.3 is 0 Å². The van der Waals surface area contributed by atoms with E-state index in [0.717, 1.165) is 12.8 Å². The summed E-state index contributed by atoms with van der Waals surface area (Å²) in [6, 6.07) is 5.48. The number of nitrogens with one attached hydrogen (secondary N) is 1. The van der Waals surface area contributed by atoms with E-state index in [1.165, 1.54) is 24.3 Å². The monoisotopic (exact) mass is 227 g/mol. The molecule has 0 bridgehead atoms. The van der Waals surface area contributed by atoms with Gasteiger partial charge in [0.1, 0.15) is 5.82 Å². The molecular weight excluding hydrogens is 217 g/mol. The van der Waals surface area contributed by atoms with Crippen molar-refractivity contribution in [2.75, 3.05) is 5.88 Å². The van der Waals surface area contributed by atoms with Crippen molar-refractivity contribution in [2.45, 2.75) is 18.4 Å². The fourth-order valence-electron chi connectivity index (χ4n) is 1.36. The molecular formula is C11H11ClFNO. The van der Waals surface area contributed by atoms with E-state index >= 15 is 0 Å². The molecule has 0 unspecified atom stereocenters. The first-order chi connectivity index (χ1) is 7.15. The maximum atomic E-state index is 12.6. The van der Waals surface area contributed by atoms with Crippen molar-refractivity contribution in [3.63, 3.8) is 0 Å². The average Bonchev–Trinajstić information content (AvgIpc) is 2.99. The van der Waals surface area contributed by atoms with E-state index in [2.05, 4.69) is 5.32 Å². The fraction of sp³-hybridized carbons (Fsp3) is 0.364. The van der Waals surface area contributed by atoms with E-state index in [4.69, 9.17) is 11.6 Å². The van der Waals surface area contributed by atoms with Crippen LogP contribution in [-0.2, 0) is 0 Å². The average molecular weight is 228 g/mol. The van der Waals surface area contributed by atoms with Gasteiger partial charge in [-0.2, -0.15) is 0 Å². The van der Waals surface area contributed by atoms with Crippen LogP contribution in [0.2, 0.25) is 0 Å². The van der Waals surface area contributed by atoms with E-state index in [1.807, 2.05) is 0 Å². The molecule has 2 rings (SSSR count). The Morgan fingerprint density at radius 2 is 2.00 bits per heavy atom. The van der Waals surface area contributed by atoms with E-state index < -0.39 is 0 Å². The second-order valence-corrected chi connectivity index (χ2v) is 4.14. The summed E-state index contributed by atoms with van der Waals surface area (Å²) < 4.78 is 12.6. The molecule has 1 aliphatic carbocycles. The molecule has 0 spiro atoms. The highest BCUT2D eigenvalue weighted by atomic mass is 35.5. The van der Waals surface area contributed by atoms with Crippen LogP contribution in [0.15, 0.2) is 24.3 Å². The van der Waals surface area contributed by atoms with Gasteiger partial charge in [-0.05, 0) is 37.1 Å². The zero-order valence-electron chi connectivity index (χ0n) is 8.09. The molecule has 1 fully saturated rings. The minimum atomic E-state index is -0.343. The zero-order valence-corrected chi connectivity index (χ0v) is 8.85. The highest BCUT2D eigenvalue weighted by molar-refractivity contribution is 6.19. The van der Waals surface area contributed by atoms with E-state index in [1.54, 1.807) is 0 Å². The number of benzene rings is 1. The van der Waals surface area contributed by atoms with Crippen molar-refractivity contribution in [2.24, 2.45) is 0 Å². The molecule has 1 aromatic carbocycles. The highest BCUT2D eigenvalue weighted by Gasteiger charge is 2.43. The summed E-state index contributed by atoms with van der Waals surface area (Å²) in [5.41, 5.74) is 0.250. The second-order valence-electron chi connectivity index (χ2n) is 3.87. The number of carbonyl (C=O) groups excluding carboxylic acids is 1. The molecule has 4 heteroatoms. The van der Waals surface area contributed by atoms with E-state index in [0.29, 0.717) is 11.4 Å². The van der Waals surface area contributed by atoms with Gasteiger partial charge in [0.25, 0.3) is 5.91 Å². The number of carbonyl (C=O) groups is 1. The van der Waals surface area contributed by atoms with Crippen LogP contribution in [0.4, 0.5) is 4.39 Å². The minimum Gasteiger partial charge on any atom is -0.345 e. The van der Waals surface area contributed by atoms with Crippen molar-refractivity contribution in [1.29, 1.82) is 0 Å². The lowest BCUT2D eigenvalue weighted by atomic mass is 10.2. The molecule has 0 radical (unpaired) electrons. The molecule has 2 nitrogen and oxygen atoms in total. The first-order valence-electron chi connectivity index (χ1n) is 4.79. The van der Waals surface area contributed by atoms with Gasteiger partial charge in [-0.3, -0.25) is 4.79 Å². The third kappa shape index (κ3) is 2.29. The fourth-order valence-corrected chi connectivity index (χ4v) is 1.69. The zero-order chi connectivity index (χ0) is 10.9. The lowest BCUT2D eigenvalue weighted by molar-refractivity contribution is 0.0936. The Labute approximate surface area is 92.4 Å².